The van der Waals surface area contributed by atoms with Crippen LogP contribution in [0, 0.1) is 5.92 Å². The lowest BCUT2D eigenvalue weighted by Crippen LogP contribution is -2.52. The number of thiol groups is 1. The third-order valence-corrected chi connectivity index (χ3v) is 3.12. The van der Waals surface area contributed by atoms with Gasteiger partial charge in [-0.2, -0.15) is 12.6 Å². The number of amides is 3. The normalized spacial score (nSPS) is 13.1. The summed E-state index contributed by atoms with van der Waals surface area (Å²) in [6.07, 6.45) is 0.335. The standard InChI is InChI=1S/C13H24N4O5S/c1-7(2)3-9(13(22)16-5-11(19)20)17-10(18)4-15-12(21)8(14)6-23/h7-9,23H,3-6,14H2,1-2H3,(H,15,21)(H,16,22)(H,17,18)(H,19,20). The summed E-state index contributed by atoms with van der Waals surface area (Å²) in [5.41, 5.74) is 5.45. The Morgan fingerprint density at radius 1 is 1.09 bits per heavy atom. The first kappa shape index (κ1) is 21.2. The van der Waals surface area contributed by atoms with E-state index in [1.165, 1.54) is 0 Å². The van der Waals surface area contributed by atoms with Gasteiger partial charge < -0.3 is 26.8 Å². The summed E-state index contributed by atoms with van der Waals surface area (Å²) < 4.78 is 0. The van der Waals surface area contributed by atoms with Crippen molar-refractivity contribution in [3.8, 4) is 0 Å². The molecule has 0 heterocycles. The smallest absolute Gasteiger partial charge is 0.322 e. The van der Waals surface area contributed by atoms with Crippen molar-refractivity contribution in [3.63, 3.8) is 0 Å². The quantitative estimate of drug-likeness (QED) is 0.254. The van der Waals surface area contributed by atoms with E-state index in [0.717, 1.165) is 0 Å². The molecule has 0 bridgehead atoms. The lowest BCUT2D eigenvalue weighted by atomic mass is 10.0. The number of carbonyl (C=O) groups is 4. The van der Waals surface area contributed by atoms with Crippen LogP contribution in [0.15, 0.2) is 0 Å². The van der Waals surface area contributed by atoms with Crippen LogP contribution in [0.1, 0.15) is 20.3 Å². The maximum atomic E-state index is 11.9. The van der Waals surface area contributed by atoms with Crippen molar-refractivity contribution in [1.82, 2.24) is 16.0 Å². The number of nitrogens with two attached hydrogens (primary N) is 1. The molecule has 6 N–H and O–H groups in total. The first-order valence-electron chi connectivity index (χ1n) is 7.10. The van der Waals surface area contributed by atoms with Gasteiger partial charge in [-0.3, -0.25) is 19.2 Å². The van der Waals surface area contributed by atoms with Gasteiger partial charge in [0.15, 0.2) is 0 Å². The van der Waals surface area contributed by atoms with Crippen LogP contribution in [0.4, 0.5) is 0 Å². The molecule has 0 saturated heterocycles. The number of carboxylic acid groups (broad SMARTS) is 1. The van der Waals surface area contributed by atoms with Crippen LogP contribution in [0.3, 0.4) is 0 Å². The molecule has 23 heavy (non-hydrogen) atoms. The molecule has 0 saturated carbocycles. The minimum Gasteiger partial charge on any atom is -0.480 e. The number of hydrogen-bond acceptors (Lipinski definition) is 6. The summed E-state index contributed by atoms with van der Waals surface area (Å²) in [4.78, 5) is 45.6. The number of carboxylic acids is 1. The Morgan fingerprint density at radius 2 is 1.65 bits per heavy atom. The van der Waals surface area contributed by atoms with Gasteiger partial charge in [0.1, 0.15) is 12.6 Å². The molecule has 0 fully saturated rings. The zero-order chi connectivity index (χ0) is 18.0. The highest BCUT2D eigenvalue weighted by Gasteiger charge is 2.22. The van der Waals surface area contributed by atoms with Gasteiger partial charge in [-0.1, -0.05) is 13.8 Å². The third kappa shape index (κ3) is 9.74. The molecule has 132 valence electrons. The van der Waals surface area contributed by atoms with Crippen molar-refractivity contribution >= 4 is 36.3 Å². The fraction of sp³-hybridized carbons (Fsp3) is 0.692. The van der Waals surface area contributed by atoms with Crippen LogP contribution < -0.4 is 21.7 Å². The van der Waals surface area contributed by atoms with Gasteiger partial charge >= 0.3 is 5.97 Å². The minimum atomic E-state index is -1.18. The summed E-state index contributed by atoms with van der Waals surface area (Å²) in [7, 11) is 0. The first-order chi connectivity index (χ1) is 10.7. The van der Waals surface area contributed by atoms with Crippen LogP contribution in [0.5, 0.6) is 0 Å². The second kappa shape index (κ2) is 10.8. The van der Waals surface area contributed by atoms with Crippen LogP contribution >= 0.6 is 12.6 Å². The van der Waals surface area contributed by atoms with E-state index in [4.69, 9.17) is 10.8 Å². The largest absolute Gasteiger partial charge is 0.480 e. The molecule has 2 unspecified atom stereocenters. The molecule has 0 radical (unpaired) electrons. The van der Waals surface area contributed by atoms with Crippen LogP contribution in [0.25, 0.3) is 0 Å². The van der Waals surface area contributed by atoms with Gasteiger partial charge in [-0.25, -0.2) is 0 Å². The van der Waals surface area contributed by atoms with E-state index in [1.807, 2.05) is 13.8 Å². The lowest BCUT2D eigenvalue weighted by Gasteiger charge is -2.20. The zero-order valence-electron chi connectivity index (χ0n) is 13.2. The number of aliphatic carboxylic acids is 1. The van der Waals surface area contributed by atoms with E-state index in [-0.39, 0.29) is 18.2 Å². The fourth-order valence-corrected chi connectivity index (χ4v) is 1.78. The molecule has 2 atom stereocenters. The molecular formula is C13H24N4O5S. The Morgan fingerprint density at radius 3 is 2.13 bits per heavy atom. The highest BCUT2D eigenvalue weighted by molar-refractivity contribution is 7.80. The summed E-state index contributed by atoms with van der Waals surface area (Å²) >= 11 is 3.87. The topological polar surface area (TPSA) is 151 Å². The Labute approximate surface area is 140 Å². The van der Waals surface area contributed by atoms with Gasteiger partial charge in [0.25, 0.3) is 0 Å². The van der Waals surface area contributed by atoms with Crippen LogP contribution in [0.2, 0.25) is 0 Å². The number of nitrogens with one attached hydrogen (secondary N) is 3. The maximum Gasteiger partial charge on any atom is 0.322 e. The number of carbonyl (C=O) groups excluding carboxylic acids is 3. The van der Waals surface area contributed by atoms with Crippen molar-refractivity contribution < 1.29 is 24.3 Å². The van der Waals surface area contributed by atoms with E-state index in [1.54, 1.807) is 0 Å². The monoisotopic (exact) mass is 348 g/mol. The van der Waals surface area contributed by atoms with Crippen molar-refractivity contribution in [2.24, 2.45) is 11.7 Å². The first-order valence-corrected chi connectivity index (χ1v) is 7.73. The van der Waals surface area contributed by atoms with E-state index in [0.29, 0.717) is 6.42 Å². The molecule has 0 aromatic rings. The van der Waals surface area contributed by atoms with Crippen LogP contribution in [-0.4, -0.2) is 59.7 Å². The molecule has 0 aromatic heterocycles. The summed E-state index contributed by atoms with van der Waals surface area (Å²) in [6.45, 7) is 2.85. The highest BCUT2D eigenvalue weighted by Crippen LogP contribution is 2.04. The number of rotatable bonds is 10. The summed E-state index contributed by atoms with van der Waals surface area (Å²) in [6, 6.07) is -1.70. The molecule has 10 heteroatoms. The molecule has 0 rings (SSSR count). The molecule has 0 spiro atoms. The van der Waals surface area contributed by atoms with E-state index < -0.39 is 42.3 Å². The Hall–Kier alpha value is -1.81. The number of hydrogen-bond donors (Lipinski definition) is 6. The van der Waals surface area contributed by atoms with Gasteiger partial charge in [0.2, 0.25) is 17.7 Å². The Bertz CT molecular complexity index is 444. The third-order valence-electron chi connectivity index (χ3n) is 2.73. The lowest BCUT2D eigenvalue weighted by molar-refractivity contribution is -0.138. The molecule has 9 nitrogen and oxygen atoms in total. The van der Waals surface area contributed by atoms with Crippen LogP contribution in [-0.2, 0) is 19.2 Å². The zero-order valence-corrected chi connectivity index (χ0v) is 14.1. The summed E-state index contributed by atoms with van der Waals surface area (Å²) in [5, 5.41) is 15.6. The predicted molar refractivity (Wildman–Crippen MR) is 86.9 cm³/mol. The van der Waals surface area contributed by atoms with Gasteiger partial charge in [-0.05, 0) is 12.3 Å². The second-order valence-corrected chi connectivity index (χ2v) is 5.73. The van der Waals surface area contributed by atoms with Crippen molar-refractivity contribution in [2.45, 2.75) is 32.4 Å². The predicted octanol–water partition coefficient (Wildman–Crippen LogP) is -1.91. The molecule has 0 aliphatic heterocycles. The van der Waals surface area contributed by atoms with Gasteiger partial charge in [0.05, 0.1) is 12.6 Å². The van der Waals surface area contributed by atoms with Crippen molar-refractivity contribution in [3.05, 3.63) is 0 Å². The molecule has 3 amide bonds. The van der Waals surface area contributed by atoms with E-state index >= 15 is 0 Å². The summed E-state index contributed by atoms with van der Waals surface area (Å²) in [5.74, 6) is -2.62. The van der Waals surface area contributed by atoms with Crippen molar-refractivity contribution in [1.29, 1.82) is 0 Å². The van der Waals surface area contributed by atoms with Gasteiger partial charge in [0, 0.05) is 5.75 Å². The van der Waals surface area contributed by atoms with E-state index in [9.17, 15) is 19.2 Å². The molecule has 0 aliphatic carbocycles. The molecule has 0 aliphatic rings. The Balaban J connectivity index is 4.51. The maximum absolute atomic E-state index is 11.9. The average molecular weight is 348 g/mol. The SMILES string of the molecule is CC(C)CC(NC(=O)CNC(=O)C(N)CS)C(=O)NCC(=O)O. The highest BCUT2D eigenvalue weighted by atomic mass is 32.1. The molecule has 0 aromatic carbocycles. The fourth-order valence-electron chi connectivity index (χ4n) is 1.62. The van der Waals surface area contributed by atoms with E-state index in [2.05, 4.69) is 28.6 Å². The Kier molecular flexibility index (Phi) is 9.99. The molecular weight excluding hydrogens is 324 g/mol. The van der Waals surface area contributed by atoms with Crippen molar-refractivity contribution in [2.75, 3.05) is 18.8 Å². The van der Waals surface area contributed by atoms with Gasteiger partial charge in [-0.15, -0.1) is 0 Å². The second-order valence-electron chi connectivity index (χ2n) is 5.37. The minimum absolute atomic E-state index is 0.100. The average Bonchev–Trinajstić information content (AvgIpc) is 2.48.